The van der Waals surface area contributed by atoms with Crippen molar-refractivity contribution in [3.05, 3.63) is 39.0 Å². The summed E-state index contributed by atoms with van der Waals surface area (Å²) in [5.41, 5.74) is 1.43. The van der Waals surface area contributed by atoms with Crippen molar-refractivity contribution in [2.45, 2.75) is 24.1 Å². The van der Waals surface area contributed by atoms with Crippen molar-refractivity contribution in [2.24, 2.45) is 10.7 Å². The molecule has 30 heavy (non-hydrogen) atoms. The van der Waals surface area contributed by atoms with Gasteiger partial charge in [0.05, 0.1) is 27.5 Å². The predicted molar refractivity (Wildman–Crippen MR) is 101 cm³/mol. The topological polar surface area (TPSA) is 83.2 Å². The van der Waals surface area contributed by atoms with E-state index in [0.717, 1.165) is 4.68 Å². The van der Waals surface area contributed by atoms with E-state index in [-0.39, 0.29) is 17.1 Å². The Kier molecular flexibility index (Phi) is 5.25. The normalized spacial score (nSPS) is 20.4. The highest BCUT2D eigenvalue weighted by atomic mass is 35.5. The number of benzene rings is 1. The first kappa shape index (κ1) is 22.3. The van der Waals surface area contributed by atoms with E-state index in [2.05, 4.69) is 10.1 Å². The molecular formula is C17H13Cl2F5N6. The molecule has 2 aromatic rings. The minimum atomic E-state index is -4.72. The first-order chi connectivity index (χ1) is 13.7. The van der Waals surface area contributed by atoms with E-state index in [1.807, 2.05) is 0 Å². The van der Waals surface area contributed by atoms with Gasteiger partial charge in [0, 0.05) is 20.5 Å². The molecule has 1 fully saturated rings. The highest BCUT2D eigenvalue weighted by Gasteiger charge is 2.72. The van der Waals surface area contributed by atoms with Gasteiger partial charge in [-0.2, -0.15) is 23.5 Å². The van der Waals surface area contributed by atoms with E-state index in [1.165, 1.54) is 11.2 Å². The summed E-state index contributed by atoms with van der Waals surface area (Å²) in [6.45, 7) is 0. The van der Waals surface area contributed by atoms with E-state index in [0.29, 0.717) is 12.1 Å². The van der Waals surface area contributed by atoms with Gasteiger partial charge in [0.15, 0.2) is 11.5 Å². The first-order valence-electron chi connectivity index (χ1n) is 8.20. The van der Waals surface area contributed by atoms with Crippen LogP contribution in [0.25, 0.3) is 5.69 Å². The van der Waals surface area contributed by atoms with E-state index in [4.69, 9.17) is 28.9 Å². The van der Waals surface area contributed by atoms with Crippen LogP contribution in [0.5, 0.6) is 0 Å². The number of hydrogen-bond donors (Lipinski definition) is 1. The van der Waals surface area contributed by atoms with Crippen molar-refractivity contribution in [3.8, 4) is 11.8 Å². The van der Waals surface area contributed by atoms with E-state index < -0.39 is 45.4 Å². The highest BCUT2D eigenvalue weighted by molar-refractivity contribution is 6.38. The summed E-state index contributed by atoms with van der Waals surface area (Å²) in [5.74, 6) is -3.61. The van der Waals surface area contributed by atoms with Crippen molar-refractivity contribution in [1.29, 1.82) is 5.26 Å². The van der Waals surface area contributed by atoms with Crippen molar-refractivity contribution in [2.75, 3.05) is 14.1 Å². The molecular weight excluding hydrogens is 454 g/mol. The molecule has 0 radical (unpaired) electrons. The van der Waals surface area contributed by atoms with Crippen molar-refractivity contribution in [3.63, 3.8) is 0 Å². The lowest BCUT2D eigenvalue weighted by Gasteiger charge is -2.15. The highest BCUT2D eigenvalue weighted by Crippen LogP contribution is 2.60. The molecule has 1 aliphatic rings. The third kappa shape index (κ3) is 3.59. The molecule has 2 N–H and O–H groups in total. The summed E-state index contributed by atoms with van der Waals surface area (Å²) in [6.07, 6.45) is -4.24. The number of aliphatic imine (C=N–C) groups is 1. The number of aromatic nitrogens is 2. The molecule has 13 heteroatoms. The summed E-state index contributed by atoms with van der Waals surface area (Å²) in [4.78, 5) is 5.54. The van der Waals surface area contributed by atoms with Gasteiger partial charge in [0.2, 0.25) is 0 Å². The second-order valence-electron chi connectivity index (χ2n) is 6.92. The van der Waals surface area contributed by atoms with Gasteiger partial charge < -0.3 is 10.6 Å². The Bertz CT molecular complexity index is 1060. The predicted octanol–water partition coefficient (Wildman–Crippen LogP) is 4.48. The second kappa shape index (κ2) is 7.08. The molecule has 1 heterocycles. The largest absolute Gasteiger partial charge is 0.416 e. The standard InChI is InChI=1S/C17H13Cl2F5N6/c1-29(2)7-27-14-12(15(26)6-16(15,20)21)11(5-25)28-30(14)13-9(18)3-8(4-10(13)19)17(22,23)24/h3-4,7H,6,26H2,1-2H3. The Morgan fingerprint density at radius 3 is 2.23 bits per heavy atom. The molecule has 1 unspecified atom stereocenters. The maximum Gasteiger partial charge on any atom is 0.416 e. The molecule has 1 aliphatic carbocycles. The lowest BCUT2D eigenvalue weighted by Crippen LogP contribution is -2.28. The zero-order valence-corrected chi connectivity index (χ0v) is 16.9. The third-order valence-electron chi connectivity index (χ3n) is 4.41. The summed E-state index contributed by atoms with van der Waals surface area (Å²) in [5, 5.41) is 12.4. The average molecular weight is 467 g/mol. The molecule has 0 spiro atoms. The third-order valence-corrected chi connectivity index (χ3v) is 4.98. The Labute approximate surface area is 177 Å². The lowest BCUT2D eigenvalue weighted by atomic mass is 10.1. The van der Waals surface area contributed by atoms with Crippen LogP contribution in [0.15, 0.2) is 17.1 Å². The van der Waals surface area contributed by atoms with Gasteiger partial charge in [-0.15, -0.1) is 0 Å². The Balaban J connectivity index is 2.32. The number of nitrogens with two attached hydrogens (primary N) is 1. The van der Waals surface area contributed by atoms with E-state index in [9.17, 15) is 27.2 Å². The van der Waals surface area contributed by atoms with Gasteiger partial charge >= 0.3 is 6.18 Å². The van der Waals surface area contributed by atoms with Crippen LogP contribution in [0.2, 0.25) is 10.0 Å². The second-order valence-corrected chi connectivity index (χ2v) is 7.73. The fraction of sp³-hybridized carbons (Fsp3) is 0.353. The van der Waals surface area contributed by atoms with Crippen LogP contribution in [0, 0.1) is 11.3 Å². The molecule has 6 nitrogen and oxygen atoms in total. The molecule has 0 saturated heterocycles. The van der Waals surface area contributed by atoms with Crippen molar-refractivity contribution < 1.29 is 22.0 Å². The summed E-state index contributed by atoms with van der Waals surface area (Å²) in [6, 6.07) is 2.90. The van der Waals surface area contributed by atoms with Crippen molar-refractivity contribution >= 4 is 35.4 Å². The maximum atomic E-state index is 14.0. The van der Waals surface area contributed by atoms with Gasteiger partial charge in [-0.05, 0) is 12.1 Å². The van der Waals surface area contributed by atoms with E-state index >= 15 is 0 Å². The Hall–Kier alpha value is -2.42. The fourth-order valence-corrected chi connectivity index (χ4v) is 3.50. The van der Waals surface area contributed by atoms with Crippen molar-refractivity contribution in [1.82, 2.24) is 14.7 Å². The fourth-order valence-electron chi connectivity index (χ4n) is 2.85. The zero-order chi connectivity index (χ0) is 22.6. The van der Waals surface area contributed by atoms with Crippen LogP contribution >= 0.6 is 23.2 Å². The molecule has 1 aromatic heterocycles. The first-order valence-corrected chi connectivity index (χ1v) is 8.96. The molecule has 0 amide bonds. The minimum Gasteiger partial charge on any atom is -0.369 e. The maximum absolute atomic E-state index is 14.0. The Morgan fingerprint density at radius 2 is 1.83 bits per heavy atom. The number of halogens is 7. The number of hydrogen-bond acceptors (Lipinski definition) is 4. The van der Waals surface area contributed by atoms with Crippen LogP contribution in [0.4, 0.5) is 27.8 Å². The quantitative estimate of drug-likeness (QED) is 0.408. The zero-order valence-electron chi connectivity index (χ0n) is 15.4. The number of nitrogens with zero attached hydrogens (tertiary/aromatic N) is 5. The molecule has 0 aliphatic heterocycles. The lowest BCUT2D eigenvalue weighted by molar-refractivity contribution is -0.137. The van der Waals surface area contributed by atoms with Crippen LogP contribution < -0.4 is 5.73 Å². The number of rotatable bonds is 4. The number of nitriles is 1. The number of alkyl halides is 5. The van der Waals surface area contributed by atoms with E-state index in [1.54, 1.807) is 20.2 Å². The van der Waals surface area contributed by atoms with Gasteiger partial charge in [0.1, 0.15) is 17.3 Å². The van der Waals surface area contributed by atoms with Crippen LogP contribution in [0.3, 0.4) is 0 Å². The van der Waals surface area contributed by atoms with Crippen LogP contribution in [0.1, 0.15) is 23.2 Å². The molecule has 1 saturated carbocycles. The Morgan fingerprint density at radius 1 is 1.30 bits per heavy atom. The molecule has 1 aromatic carbocycles. The SMILES string of the molecule is CN(C)C=Nc1c(C2(N)CC2(F)F)c(C#N)nn1-c1c(Cl)cc(C(F)(F)F)cc1Cl. The molecule has 160 valence electrons. The monoisotopic (exact) mass is 466 g/mol. The molecule has 1 atom stereocenters. The molecule has 0 bridgehead atoms. The smallest absolute Gasteiger partial charge is 0.369 e. The van der Waals surface area contributed by atoms with Gasteiger partial charge in [-0.1, -0.05) is 23.2 Å². The average Bonchev–Trinajstić information content (AvgIpc) is 2.95. The van der Waals surface area contributed by atoms with Crippen LogP contribution in [-0.4, -0.2) is 41.0 Å². The summed E-state index contributed by atoms with van der Waals surface area (Å²) in [7, 11) is 3.19. The molecule has 3 rings (SSSR count). The van der Waals surface area contributed by atoms with Gasteiger partial charge in [-0.25, -0.2) is 18.5 Å². The summed E-state index contributed by atoms with van der Waals surface area (Å²) >= 11 is 12.1. The van der Waals surface area contributed by atoms with Gasteiger partial charge in [-0.3, -0.25) is 0 Å². The van der Waals surface area contributed by atoms with Crippen LogP contribution in [-0.2, 0) is 11.7 Å². The minimum absolute atomic E-state index is 0.257. The van der Waals surface area contributed by atoms with Gasteiger partial charge in [0.25, 0.3) is 5.92 Å². The summed E-state index contributed by atoms with van der Waals surface area (Å²) < 4.78 is 68.0.